The number of carbonyl (C=O) groups excluding carboxylic acids is 2. The molecule has 0 bridgehead atoms. The summed E-state index contributed by atoms with van der Waals surface area (Å²) < 4.78 is 35.2. The van der Waals surface area contributed by atoms with Gasteiger partial charge in [-0.2, -0.15) is 0 Å². The normalized spacial score (nSPS) is 11.8. The van der Waals surface area contributed by atoms with Crippen molar-refractivity contribution in [3.63, 3.8) is 0 Å². The molecule has 0 unspecified atom stereocenters. The van der Waals surface area contributed by atoms with Crippen molar-refractivity contribution in [3.8, 4) is 5.75 Å². The van der Waals surface area contributed by atoms with Crippen LogP contribution in [0, 0.1) is 0 Å². The number of hydrogen-bond acceptors (Lipinski definition) is 6. The number of nitrogens with one attached hydrogen (secondary N) is 1. The first-order chi connectivity index (χ1) is 22.7. The van der Waals surface area contributed by atoms with Crippen LogP contribution in [0.5, 0.6) is 5.75 Å². The lowest BCUT2D eigenvalue weighted by atomic mass is 10.0. The van der Waals surface area contributed by atoms with Gasteiger partial charge in [0, 0.05) is 29.4 Å². The van der Waals surface area contributed by atoms with Crippen LogP contribution in [-0.4, -0.2) is 57.1 Å². The summed E-state index contributed by atoms with van der Waals surface area (Å²) in [6.07, 6.45) is 2.84. The Morgan fingerprint density at radius 2 is 1.55 bits per heavy atom. The van der Waals surface area contributed by atoms with Crippen molar-refractivity contribution in [2.24, 2.45) is 0 Å². The number of amides is 2. The van der Waals surface area contributed by atoms with Gasteiger partial charge in [-0.3, -0.25) is 13.9 Å². The SMILES string of the molecule is CCCNC(=O)[C@H](Cc1ccccc1)N(Cc1ccccc1Cl)C(=O)CN(c1ccc(OCC)cc1)S(=O)(=O)c1ccc(SC)cc1. The molecule has 0 heterocycles. The molecule has 0 saturated heterocycles. The summed E-state index contributed by atoms with van der Waals surface area (Å²) in [4.78, 5) is 30.7. The highest BCUT2D eigenvalue weighted by Gasteiger charge is 2.35. The van der Waals surface area contributed by atoms with Gasteiger partial charge in [-0.15, -0.1) is 11.8 Å². The topological polar surface area (TPSA) is 96.0 Å². The second-order valence-electron chi connectivity index (χ2n) is 10.7. The molecule has 0 aliphatic carbocycles. The Balaban J connectivity index is 1.80. The van der Waals surface area contributed by atoms with E-state index in [9.17, 15) is 18.0 Å². The Morgan fingerprint density at radius 1 is 0.894 bits per heavy atom. The number of ether oxygens (including phenoxy) is 1. The van der Waals surface area contributed by atoms with Crippen LogP contribution in [0.1, 0.15) is 31.4 Å². The number of rotatable bonds is 16. The van der Waals surface area contributed by atoms with E-state index in [2.05, 4.69) is 5.32 Å². The lowest BCUT2D eigenvalue weighted by molar-refractivity contribution is -0.140. The number of halogens is 1. The average Bonchev–Trinajstić information content (AvgIpc) is 3.09. The van der Waals surface area contributed by atoms with E-state index in [-0.39, 0.29) is 29.5 Å². The fourth-order valence-electron chi connectivity index (χ4n) is 5.01. The van der Waals surface area contributed by atoms with Crippen molar-refractivity contribution in [2.45, 2.75) is 49.1 Å². The predicted molar refractivity (Wildman–Crippen MR) is 190 cm³/mol. The molecule has 0 saturated carbocycles. The molecule has 8 nitrogen and oxygen atoms in total. The predicted octanol–water partition coefficient (Wildman–Crippen LogP) is 6.82. The highest BCUT2D eigenvalue weighted by atomic mass is 35.5. The standard InChI is InChI=1S/C36H40ClN3O5S2/c1-4-23-38-36(42)34(24-27-11-7-6-8-12-27)39(25-28-13-9-10-14-33(28)37)35(41)26-40(29-15-17-30(18-16-29)45-5-2)47(43,44)32-21-19-31(46-3)20-22-32/h6-22,34H,4-5,23-26H2,1-3H3,(H,38,42)/t34-/m0/s1. The molecule has 1 N–H and O–H groups in total. The second kappa shape index (κ2) is 17.2. The van der Waals surface area contributed by atoms with Crippen LogP contribution >= 0.6 is 23.4 Å². The minimum atomic E-state index is -4.22. The van der Waals surface area contributed by atoms with Crippen LogP contribution in [0.15, 0.2) is 113 Å². The van der Waals surface area contributed by atoms with E-state index in [4.69, 9.17) is 16.3 Å². The Morgan fingerprint density at radius 3 is 2.17 bits per heavy atom. The fourth-order valence-corrected chi connectivity index (χ4v) is 7.03. The highest BCUT2D eigenvalue weighted by molar-refractivity contribution is 7.98. The van der Waals surface area contributed by atoms with Crippen molar-refractivity contribution in [1.82, 2.24) is 10.2 Å². The van der Waals surface area contributed by atoms with Crippen LogP contribution in [0.3, 0.4) is 0 Å². The largest absolute Gasteiger partial charge is 0.494 e. The molecule has 47 heavy (non-hydrogen) atoms. The third-order valence-electron chi connectivity index (χ3n) is 7.48. The highest BCUT2D eigenvalue weighted by Crippen LogP contribution is 2.28. The van der Waals surface area contributed by atoms with Crippen molar-refractivity contribution < 1.29 is 22.7 Å². The van der Waals surface area contributed by atoms with Gasteiger partial charge < -0.3 is 15.0 Å². The average molecular weight is 694 g/mol. The molecule has 0 aliphatic heterocycles. The maximum atomic E-state index is 14.6. The van der Waals surface area contributed by atoms with Gasteiger partial charge in [0.15, 0.2) is 0 Å². The lowest BCUT2D eigenvalue weighted by Crippen LogP contribution is -2.53. The molecule has 0 aliphatic rings. The molecular formula is C36H40ClN3O5S2. The van der Waals surface area contributed by atoms with Crippen molar-refractivity contribution >= 4 is 50.9 Å². The van der Waals surface area contributed by atoms with Gasteiger partial charge in [0.25, 0.3) is 10.0 Å². The van der Waals surface area contributed by atoms with E-state index in [0.29, 0.717) is 35.9 Å². The number of anilines is 1. The van der Waals surface area contributed by atoms with Gasteiger partial charge in [0.2, 0.25) is 11.8 Å². The number of carbonyl (C=O) groups is 2. The van der Waals surface area contributed by atoms with Crippen LogP contribution in [-0.2, 0) is 32.6 Å². The summed E-state index contributed by atoms with van der Waals surface area (Å²) in [5.74, 6) is -0.324. The molecule has 0 aromatic heterocycles. The van der Waals surface area contributed by atoms with E-state index >= 15 is 0 Å². The smallest absolute Gasteiger partial charge is 0.264 e. The quantitative estimate of drug-likeness (QED) is 0.129. The molecule has 0 radical (unpaired) electrons. The first-order valence-electron chi connectivity index (χ1n) is 15.4. The number of nitrogens with zero attached hydrogens (tertiary/aromatic N) is 2. The van der Waals surface area contributed by atoms with Crippen molar-refractivity contribution in [1.29, 1.82) is 0 Å². The zero-order chi connectivity index (χ0) is 33.8. The maximum Gasteiger partial charge on any atom is 0.264 e. The molecule has 2 amide bonds. The van der Waals surface area contributed by atoms with Gasteiger partial charge in [-0.05, 0) is 85.3 Å². The zero-order valence-corrected chi connectivity index (χ0v) is 29.2. The Bertz CT molecular complexity index is 1720. The maximum absolute atomic E-state index is 14.6. The second-order valence-corrected chi connectivity index (χ2v) is 13.9. The molecule has 0 spiro atoms. The van der Waals surface area contributed by atoms with Gasteiger partial charge in [-0.1, -0.05) is 67.1 Å². The molecule has 1 atom stereocenters. The van der Waals surface area contributed by atoms with Gasteiger partial charge in [0.05, 0.1) is 17.2 Å². The van der Waals surface area contributed by atoms with Gasteiger partial charge >= 0.3 is 0 Å². The van der Waals surface area contributed by atoms with Gasteiger partial charge in [0.1, 0.15) is 18.3 Å². The number of benzene rings is 4. The summed E-state index contributed by atoms with van der Waals surface area (Å²) in [6.45, 7) is 4.12. The number of sulfonamides is 1. The summed E-state index contributed by atoms with van der Waals surface area (Å²) in [7, 11) is -4.22. The molecular weight excluding hydrogens is 654 g/mol. The van der Waals surface area contributed by atoms with E-state index in [1.165, 1.54) is 28.8 Å². The van der Waals surface area contributed by atoms with Crippen molar-refractivity contribution in [3.05, 3.63) is 119 Å². The summed E-state index contributed by atoms with van der Waals surface area (Å²) >= 11 is 8.06. The molecule has 248 valence electrons. The molecule has 4 rings (SSSR count). The number of thioether (sulfide) groups is 1. The van der Waals surface area contributed by atoms with Crippen molar-refractivity contribution in [2.75, 3.05) is 30.3 Å². The minimum absolute atomic E-state index is 0.00482. The lowest BCUT2D eigenvalue weighted by Gasteiger charge is -2.34. The monoisotopic (exact) mass is 693 g/mol. The zero-order valence-electron chi connectivity index (χ0n) is 26.8. The molecule has 11 heteroatoms. The third kappa shape index (κ3) is 9.53. The fraction of sp³-hybridized carbons (Fsp3) is 0.278. The summed E-state index contributed by atoms with van der Waals surface area (Å²) in [5, 5.41) is 3.38. The third-order valence-corrected chi connectivity index (χ3v) is 10.4. The van der Waals surface area contributed by atoms with Crippen LogP contribution in [0.25, 0.3) is 0 Å². The van der Waals surface area contributed by atoms with Gasteiger partial charge in [-0.25, -0.2) is 8.42 Å². The van der Waals surface area contributed by atoms with Crippen LogP contribution < -0.4 is 14.4 Å². The molecule has 0 fully saturated rings. The summed E-state index contributed by atoms with van der Waals surface area (Å²) in [5.41, 5.74) is 1.77. The Hall–Kier alpha value is -3.99. The van der Waals surface area contributed by atoms with Crippen LogP contribution in [0.4, 0.5) is 5.69 Å². The van der Waals surface area contributed by atoms with E-state index in [1.807, 2.05) is 56.5 Å². The minimum Gasteiger partial charge on any atom is -0.494 e. The molecule has 4 aromatic rings. The first kappa shape index (κ1) is 35.9. The van der Waals surface area contributed by atoms with Crippen LogP contribution in [0.2, 0.25) is 5.02 Å². The molecule has 4 aromatic carbocycles. The van der Waals surface area contributed by atoms with E-state index < -0.39 is 28.5 Å². The first-order valence-corrected chi connectivity index (χ1v) is 18.5. The van der Waals surface area contributed by atoms with E-state index in [0.717, 1.165) is 14.8 Å². The van der Waals surface area contributed by atoms with E-state index in [1.54, 1.807) is 54.6 Å². The Labute approximate surface area is 287 Å². The number of hydrogen-bond donors (Lipinski definition) is 1. The summed E-state index contributed by atoms with van der Waals surface area (Å²) in [6, 6.07) is 28.7. The Kier molecular flexibility index (Phi) is 13.2.